The molecule has 6 nitrogen and oxygen atoms in total. The zero-order valence-electron chi connectivity index (χ0n) is 10.5. The van der Waals surface area contributed by atoms with Gasteiger partial charge < -0.3 is 5.32 Å². The molecular weight excluding hydrogens is 242 g/mol. The van der Waals surface area contributed by atoms with Gasteiger partial charge in [0, 0.05) is 24.5 Å². The third-order valence-corrected chi connectivity index (χ3v) is 3.26. The summed E-state index contributed by atoms with van der Waals surface area (Å²) in [7, 11) is 0. The molecule has 1 saturated carbocycles. The Morgan fingerprint density at radius 1 is 1.32 bits per heavy atom. The molecule has 2 heterocycles. The van der Waals surface area contributed by atoms with Gasteiger partial charge in [0.25, 0.3) is 5.56 Å². The highest BCUT2D eigenvalue weighted by atomic mass is 16.1. The van der Waals surface area contributed by atoms with Crippen molar-refractivity contribution in [2.24, 2.45) is 0 Å². The first kappa shape index (κ1) is 11.8. The van der Waals surface area contributed by atoms with Crippen LogP contribution in [0.5, 0.6) is 0 Å². The summed E-state index contributed by atoms with van der Waals surface area (Å²) in [5.41, 5.74) is 0.650. The van der Waals surface area contributed by atoms with E-state index in [2.05, 4.69) is 20.4 Å². The molecular formula is C13H15N5O. The number of hydrogen-bond donors (Lipinski definition) is 1. The smallest absolute Gasteiger partial charge is 0.269 e. The van der Waals surface area contributed by atoms with Crippen molar-refractivity contribution in [3.63, 3.8) is 0 Å². The number of rotatable bonds is 4. The van der Waals surface area contributed by atoms with Crippen molar-refractivity contribution < 1.29 is 0 Å². The summed E-state index contributed by atoms with van der Waals surface area (Å²) in [5.74, 6) is 0.580. The molecule has 2 aromatic rings. The average molecular weight is 257 g/mol. The van der Waals surface area contributed by atoms with Gasteiger partial charge in [-0.3, -0.25) is 4.79 Å². The Kier molecular flexibility index (Phi) is 3.22. The maximum Gasteiger partial charge on any atom is 0.269 e. The third kappa shape index (κ3) is 2.78. The molecule has 0 bridgehead atoms. The number of hydrogen-bond acceptors (Lipinski definition) is 5. The summed E-state index contributed by atoms with van der Waals surface area (Å²) in [6, 6.07) is 3.81. The largest absolute Gasteiger partial charge is 0.381 e. The van der Waals surface area contributed by atoms with Crippen molar-refractivity contribution in [2.75, 3.05) is 5.32 Å². The Morgan fingerprint density at radius 3 is 2.74 bits per heavy atom. The lowest BCUT2D eigenvalue weighted by atomic mass is 9.93. The minimum absolute atomic E-state index is 0.142. The maximum atomic E-state index is 11.9. The summed E-state index contributed by atoms with van der Waals surface area (Å²) in [5, 5.41) is 7.45. The molecule has 0 spiro atoms. The minimum atomic E-state index is -0.142. The third-order valence-electron chi connectivity index (χ3n) is 3.26. The zero-order chi connectivity index (χ0) is 13.1. The fourth-order valence-corrected chi connectivity index (χ4v) is 1.97. The lowest BCUT2D eigenvalue weighted by molar-refractivity contribution is 0.445. The topological polar surface area (TPSA) is 72.7 Å². The van der Waals surface area contributed by atoms with Gasteiger partial charge in [-0.15, -0.1) is 0 Å². The van der Waals surface area contributed by atoms with Gasteiger partial charge in [-0.2, -0.15) is 5.10 Å². The highest BCUT2D eigenvalue weighted by molar-refractivity contribution is 5.40. The molecule has 98 valence electrons. The van der Waals surface area contributed by atoms with E-state index in [1.807, 2.05) is 0 Å². The van der Waals surface area contributed by atoms with Gasteiger partial charge in [0.15, 0.2) is 0 Å². The first-order valence-corrected chi connectivity index (χ1v) is 6.41. The number of anilines is 1. The van der Waals surface area contributed by atoms with E-state index in [1.165, 1.54) is 23.9 Å². The fraction of sp³-hybridized carbons (Fsp3) is 0.385. The van der Waals surface area contributed by atoms with E-state index in [-0.39, 0.29) is 5.56 Å². The predicted molar refractivity (Wildman–Crippen MR) is 70.9 cm³/mol. The molecule has 0 aliphatic heterocycles. The van der Waals surface area contributed by atoms with E-state index < -0.39 is 0 Å². The molecule has 19 heavy (non-hydrogen) atoms. The Balaban J connectivity index is 1.74. The lowest BCUT2D eigenvalue weighted by Gasteiger charge is -2.27. The highest BCUT2D eigenvalue weighted by Gasteiger charge is 2.17. The molecule has 0 amide bonds. The zero-order valence-corrected chi connectivity index (χ0v) is 10.5. The number of nitrogens with one attached hydrogen (secondary N) is 1. The van der Waals surface area contributed by atoms with E-state index in [9.17, 15) is 4.79 Å². The first-order chi connectivity index (χ1) is 9.31. The predicted octanol–water partition coefficient (Wildman–Crippen LogP) is 1.05. The van der Waals surface area contributed by atoms with Gasteiger partial charge in [-0.05, 0) is 25.3 Å². The van der Waals surface area contributed by atoms with Crippen LogP contribution in [0.25, 0.3) is 0 Å². The summed E-state index contributed by atoms with van der Waals surface area (Å²) in [4.78, 5) is 20.1. The second-order valence-corrected chi connectivity index (χ2v) is 4.68. The molecule has 6 heteroatoms. The van der Waals surface area contributed by atoms with Crippen LogP contribution in [0.1, 0.15) is 25.1 Å². The standard InChI is InChI=1S/C13H15N5O/c19-13-7-11(17-10-3-1-4-10)8-16-18(13)9-12-14-5-2-6-15-12/h2,5-8,10,17H,1,3-4,9H2. The Bertz CT molecular complexity index is 606. The van der Waals surface area contributed by atoms with Crippen molar-refractivity contribution in [2.45, 2.75) is 31.8 Å². The van der Waals surface area contributed by atoms with Gasteiger partial charge >= 0.3 is 0 Å². The highest BCUT2D eigenvalue weighted by Crippen LogP contribution is 2.21. The number of nitrogens with zero attached hydrogens (tertiary/aromatic N) is 4. The van der Waals surface area contributed by atoms with Gasteiger partial charge in [-0.25, -0.2) is 14.6 Å². The van der Waals surface area contributed by atoms with E-state index in [0.29, 0.717) is 18.4 Å². The Hall–Kier alpha value is -2.24. The van der Waals surface area contributed by atoms with Crippen molar-refractivity contribution in [1.82, 2.24) is 19.7 Å². The molecule has 0 aromatic carbocycles. The quantitative estimate of drug-likeness (QED) is 0.886. The Morgan fingerprint density at radius 2 is 2.11 bits per heavy atom. The van der Waals surface area contributed by atoms with Gasteiger partial charge in [0.05, 0.1) is 11.9 Å². The van der Waals surface area contributed by atoms with Crippen LogP contribution < -0.4 is 10.9 Å². The van der Waals surface area contributed by atoms with Crippen molar-refractivity contribution in [3.05, 3.63) is 46.9 Å². The molecule has 0 atom stereocenters. The van der Waals surface area contributed by atoms with Crippen molar-refractivity contribution in [3.8, 4) is 0 Å². The molecule has 1 N–H and O–H groups in total. The minimum Gasteiger partial charge on any atom is -0.381 e. The summed E-state index contributed by atoms with van der Waals surface area (Å²) in [6.07, 6.45) is 8.58. The van der Waals surface area contributed by atoms with Gasteiger partial charge in [0.1, 0.15) is 12.4 Å². The van der Waals surface area contributed by atoms with Crippen molar-refractivity contribution in [1.29, 1.82) is 0 Å². The SMILES string of the molecule is O=c1cc(NC2CCC2)cnn1Cc1ncccn1. The van der Waals surface area contributed by atoms with E-state index in [1.54, 1.807) is 30.7 Å². The molecule has 1 fully saturated rings. The second-order valence-electron chi connectivity index (χ2n) is 4.68. The number of aromatic nitrogens is 4. The van der Waals surface area contributed by atoms with Crippen LogP contribution in [-0.4, -0.2) is 25.8 Å². The Labute approximate surface area is 110 Å². The van der Waals surface area contributed by atoms with Crippen LogP contribution in [0, 0.1) is 0 Å². The van der Waals surface area contributed by atoms with Crippen LogP contribution in [0.2, 0.25) is 0 Å². The van der Waals surface area contributed by atoms with E-state index in [4.69, 9.17) is 0 Å². The molecule has 2 aromatic heterocycles. The molecule has 3 rings (SSSR count). The summed E-state index contributed by atoms with van der Waals surface area (Å²) in [6.45, 7) is 0.295. The molecule has 0 unspecified atom stereocenters. The van der Waals surface area contributed by atoms with Crippen LogP contribution in [-0.2, 0) is 6.54 Å². The monoisotopic (exact) mass is 257 g/mol. The van der Waals surface area contributed by atoms with Crippen LogP contribution in [0.15, 0.2) is 35.5 Å². The lowest BCUT2D eigenvalue weighted by Crippen LogP contribution is -2.29. The van der Waals surface area contributed by atoms with Gasteiger partial charge in [0.2, 0.25) is 0 Å². The maximum absolute atomic E-state index is 11.9. The second kappa shape index (κ2) is 5.17. The average Bonchev–Trinajstić information content (AvgIpc) is 2.38. The molecule has 0 saturated heterocycles. The normalized spacial score (nSPS) is 14.9. The van der Waals surface area contributed by atoms with E-state index in [0.717, 1.165) is 5.69 Å². The van der Waals surface area contributed by atoms with E-state index >= 15 is 0 Å². The molecule has 0 radical (unpaired) electrons. The van der Waals surface area contributed by atoms with Crippen LogP contribution in [0.3, 0.4) is 0 Å². The van der Waals surface area contributed by atoms with Crippen molar-refractivity contribution >= 4 is 5.69 Å². The molecule has 1 aliphatic carbocycles. The summed E-state index contributed by atoms with van der Waals surface area (Å²) < 4.78 is 1.36. The summed E-state index contributed by atoms with van der Waals surface area (Å²) >= 11 is 0. The first-order valence-electron chi connectivity index (χ1n) is 6.41. The van der Waals surface area contributed by atoms with Crippen LogP contribution in [0.4, 0.5) is 5.69 Å². The molecule has 1 aliphatic rings. The fourth-order valence-electron chi connectivity index (χ4n) is 1.97. The van der Waals surface area contributed by atoms with Crippen LogP contribution >= 0.6 is 0 Å². The van der Waals surface area contributed by atoms with Gasteiger partial charge in [-0.1, -0.05) is 0 Å².